The molecule has 3 aromatic carbocycles. The number of ether oxygens (including phenoxy) is 2. The van der Waals surface area contributed by atoms with Crippen LogP contribution in [0.2, 0.25) is 0 Å². The number of methoxy groups -OCH3 is 1. The molecule has 0 heterocycles. The first kappa shape index (κ1) is 26.1. The van der Waals surface area contributed by atoms with E-state index in [2.05, 4.69) is 47.4 Å². The minimum Gasteiger partial charge on any atom is -0.496 e. The summed E-state index contributed by atoms with van der Waals surface area (Å²) in [5, 5.41) is 0. The molecule has 5 heteroatoms. The molecule has 1 unspecified atom stereocenters. The van der Waals surface area contributed by atoms with Gasteiger partial charge >= 0.3 is 0 Å². The van der Waals surface area contributed by atoms with E-state index < -0.39 is 0 Å². The van der Waals surface area contributed by atoms with Crippen LogP contribution in [0.4, 0.5) is 5.69 Å². The number of benzene rings is 3. The van der Waals surface area contributed by atoms with Crippen molar-refractivity contribution in [2.24, 2.45) is 0 Å². The molecule has 0 saturated heterocycles. The molecule has 0 aliphatic carbocycles. The van der Waals surface area contributed by atoms with E-state index in [9.17, 15) is 4.79 Å². The summed E-state index contributed by atoms with van der Waals surface area (Å²) in [4.78, 5) is 16.5. The zero-order valence-corrected chi connectivity index (χ0v) is 21.8. The zero-order chi connectivity index (χ0) is 25.4. The number of carbonyl (C=O) groups is 1. The van der Waals surface area contributed by atoms with Gasteiger partial charge in [-0.2, -0.15) is 0 Å². The zero-order valence-electron chi connectivity index (χ0n) is 21.8. The van der Waals surface area contributed by atoms with Gasteiger partial charge in [0.2, 0.25) is 5.91 Å². The van der Waals surface area contributed by atoms with E-state index in [4.69, 9.17) is 9.47 Å². The summed E-state index contributed by atoms with van der Waals surface area (Å²) in [6, 6.07) is 24.8. The Hall–Kier alpha value is -3.47. The quantitative estimate of drug-likeness (QED) is 0.336. The first-order chi connectivity index (χ1) is 16.8. The molecule has 0 spiro atoms. The number of hydrogen-bond donors (Lipinski definition) is 0. The second kappa shape index (κ2) is 12.3. The first-order valence-corrected chi connectivity index (χ1v) is 12.2. The maximum Gasteiger partial charge on any atom is 0.219 e. The fraction of sp³-hybridized carbons (Fsp3) is 0.367. The van der Waals surface area contributed by atoms with Crippen molar-refractivity contribution in [3.8, 4) is 11.5 Å². The molecule has 0 radical (unpaired) electrons. The lowest BCUT2D eigenvalue weighted by Crippen LogP contribution is -2.30. The van der Waals surface area contributed by atoms with Gasteiger partial charge in [-0.1, -0.05) is 42.5 Å². The van der Waals surface area contributed by atoms with Crippen molar-refractivity contribution in [3.05, 3.63) is 89.5 Å². The third kappa shape index (κ3) is 7.25. The van der Waals surface area contributed by atoms with Crippen molar-refractivity contribution < 1.29 is 14.3 Å². The molecule has 0 bridgehead atoms. The van der Waals surface area contributed by atoms with Crippen LogP contribution in [0.5, 0.6) is 11.5 Å². The Bertz CT molecular complexity index is 1080. The van der Waals surface area contributed by atoms with Crippen molar-refractivity contribution in [1.82, 2.24) is 4.90 Å². The minimum atomic E-state index is 0.0705. The standard InChI is InChI=1S/C30H38N2O3/c1-22(2)35-27-17-13-25(14-18-27)28(29-9-7-8-10-30(29)34-6)19-20-32(23(3)33)21-24-11-15-26(16-12-24)31(4)5/h7-18,22,28H,19-21H2,1-6H3. The van der Waals surface area contributed by atoms with Crippen molar-refractivity contribution in [2.75, 3.05) is 32.6 Å². The van der Waals surface area contributed by atoms with Gasteiger partial charge in [-0.15, -0.1) is 0 Å². The summed E-state index contributed by atoms with van der Waals surface area (Å²) in [5.41, 5.74) is 4.55. The highest BCUT2D eigenvalue weighted by atomic mass is 16.5. The predicted octanol–water partition coefficient (Wildman–Crippen LogP) is 6.12. The van der Waals surface area contributed by atoms with Crippen LogP contribution in [-0.4, -0.2) is 44.7 Å². The highest BCUT2D eigenvalue weighted by molar-refractivity contribution is 5.73. The summed E-state index contributed by atoms with van der Waals surface area (Å²) in [6.45, 7) is 6.91. The second-order valence-electron chi connectivity index (χ2n) is 9.32. The Morgan fingerprint density at radius 2 is 1.57 bits per heavy atom. The molecule has 0 aliphatic heterocycles. The van der Waals surface area contributed by atoms with Gasteiger partial charge in [-0.3, -0.25) is 4.79 Å². The fourth-order valence-corrected chi connectivity index (χ4v) is 4.26. The molecule has 0 N–H and O–H groups in total. The Labute approximate surface area is 210 Å². The van der Waals surface area contributed by atoms with E-state index in [0.717, 1.165) is 34.7 Å². The minimum absolute atomic E-state index is 0.0705. The lowest BCUT2D eigenvalue weighted by atomic mass is 9.87. The summed E-state index contributed by atoms with van der Waals surface area (Å²) >= 11 is 0. The average molecular weight is 475 g/mol. The van der Waals surface area contributed by atoms with Crippen molar-refractivity contribution in [2.45, 2.75) is 45.8 Å². The summed E-state index contributed by atoms with van der Waals surface area (Å²) < 4.78 is 11.5. The van der Waals surface area contributed by atoms with E-state index in [1.165, 1.54) is 5.56 Å². The van der Waals surface area contributed by atoms with E-state index >= 15 is 0 Å². The maximum atomic E-state index is 12.6. The van der Waals surface area contributed by atoms with Crippen LogP contribution in [0.1, 0.15) is 49.8 Å². The number of para-hydroxylation sites is 1. The number of carbonyl (C=O) groups excluding carboxylic acids is 1. The topological polar surface area (TPSA) is 42.0 Å². The molecular formula is C30H38N2O3. The molecule has 35 heavy (non-hydrogen) atoms. The molecule has 0 saturated carbocycles. The van der Waals surface area contributed by atoms with E-state index in [0.29, 0.717) is 13.1 Å². The van der Waals surface area contributed by atoms with Gasteiger partial charge in [0.15, 0.2) is 0 Å². The molecule has 186 valence electrons. The Morgan fingerprint density at radius 1 is 0.914 bits per heavy atom. The van der Waals surface area contributed by atoms with E-state index in [-0.39, 0.29) is 17.9 Å². The van der Waals surface area contributed by atoms with Crippen LogP contribution in [0.3, 0.4) is 0 Å². The molecule has 1 atom stereocenters. The van der Waals surface area contributed by atoms with Gasteiger partial charge in [0.25, 0.3) is 0 Å². The van der Waals surface area contributed by atoms with E-state index in [1.54, 1.807) is 14.0 Å². The largest absolute Gasteiger partial charge is 0.496 e. The number of nitrogens with zero attached hydrogens (tertiary/aromatic N) is 2. The molecule has 3 rings (SSSR count). The van der Waals surface area contributed by atoms with Crippen molar-refractivity contribution in [1.29, 1.82) is 0 Å². The maximum absolute atomic E-state index is 12.6. The highest BCUT2D eigenvalue weighted by Gasteiger charge is 2.21. The van der Waals surface area contributed by atoms with Crippen LogP contribution in [-0.2, 0) is 11.3 Å². The number of hydrogen-bond acceptors (Lipinski definition) is 4. The number of rotatable bonds is 11. The molecule has 1 amide bonds. The van der Waals surface area contributed by atoms with Crippen LogP contribution in [0.15, 0.2) is 72.8 Å². The Morgan fingerprint density at radius 3 is 2.14 bits per heavy atom. The summed E-state index contributed by atoms with van der Waals surface area (Å²) in [5.74, 6) is 1.86. The molecule has 0 aliphatic rings. The van der Waals surface area contributed by atoms with Gasteiger partial charge < -0.3 is 19.3 Å². The SMILES string of the molecule is COc1ccccc1C(CCN(Cc1ccc(N(C)C)cc1)C(C)=O)c1ccc(OC(C)C)cc1. The van der Waals surface area contributed by atoms with Gasteiger partial charge in [0, 0.05) is 51.3 Å². The fourth-order valence-electron chi connectivity index (χ4n) is 4.26. The third-order valence-electron chi connectivity index (χ3n) is 6.13. The van der Waals surface area contributed by atoms with Gasteiger partial charge in [0.05, 0.1) is 13.2 Å². The predicted molar refractivity (Wildman–Crippen MR) is 144 cm³/mol. The first-order valence-electron chi connectivity index (χ1n) is 12.2. The smallest absolute Gasteiger partial charge is 0.219 e. The molecule has 3 aromatic rings. The van der Waals surface area contributed by atoms with Crippen LogP contribution in [0.25, 0.3) is 0 Å². The number of anilines is 1. The second-order valence-corrected chi connectivity index (χ2v) is 9.32. The van der Waals surface area contributed by atoms with Crippen molar-refractivity contribution in [3.63, 3.8) is 0 Å². The normalized spacial score (nSPS) is 11.7. The molecular weight excluding hydrogens is 436 g/mol. The highest BCUT2D eigenvalue weighted by Crippen LogP contribution is 2.35. The van der Waals surface area contributed by atoms with Crippen LogP contribution >= 0.6 is 0 Å². The van der Waals surface area contributed by atoms with Gasteiger partial charge in [-0.05, 0) is 61.7 Å². The van der Waals surface area contributed by atoms with Crippen LogP contribution in [0, 0.1) is 0 Å². The van der Waals surface area contributed by atoms with Gasteiger partial charge in [-0.25, -0.2) is 0 Å². The lowest BCUT2D eigenvalue weighted by Gasteiger charge is -2.26. The molecule has 5 nitrogen and oxygen atoms in total. The van der Waals surface area contributed by atoms with E-state index in [1.807, 2.05) is 63.2 Å². The van der Waals surface area contributed by atoms with Crippen molar-refractivity contribution >= 4 is 11.6 Å². The Balaban J connectivity index is 1.83. The molecule has 0 aromatic heterocycles. The lowest BCUT2D eigenvalue weighted by molar-refractivity contribution is -0.129. The summed E-state index contributed by atoms with van der Waals surface area (Å²) in [6.07, 6.45) is 0.905. The monoisotopic (exact) mass is 474 g/mol. The third-order valence-corrected chi connectivity index (χ3v) is 6.13. The Kier molecular flexibility index (Phi) is 9.18. The van der Waals surface area contributed by atoms with Gasteiger partial charge in [0.1, 0.15) is 11.5 Å². The summed E-state index contributed by atoms with van der Waals surface area (Å²) in [7, 11) is 5.75. The molecule has 0 fully saturated rings. The number of amides is 1. The average Bonchev–Trinajstić information content (AvgIpc) is 2.84. The van der Waals surface area contributed by atoms with Crippen LogP contribution < -0.4 is 14.4 Å².